The lowest BCUT2D eigenvalue weighted by Gasteiger charge is -2.24. The number of amides is 1. The number of hydrogen-bond donors (Lipinski definition) is 1. The predicted molar refractivity (Wildman–Crippen MR) is 90.8 cm³/mol. The van der Waals surface area contributed by atoms with Crippen LogP contribution in [-0.2, 0) is 17.8 Å². The van der Waals surface area contributed by atoms with Crippen molar-refractivity contribution in [2.24, 2.45) is 0 Å². The van der Waals surface area contributed by atoms with E-state index in [1.165, 1.54) is 5.56 Å². The zero-order chi connectivity index (χ0) is 17.1. The molecule has 1 atom stereocenters. The summed E-state index contributed by atoms with van der Waals surface area (Å²) in [6, 6.07) is 7.84. The summed E-state index contributed by atoms with van der Waals surface area (Å²) in [7, 11) is 0. The zero-order valence-electron chi connectivity index (χ0n) is 14.0. The van der Waals surface area contributed by atoms with E-state index in [2.05, 4.69) is 18.0 Å². The van der Waals surface area contributed by atoms with Gasteiger partial charge in [0.2, 0.25) is 0 Å². The van der Waals surface area contributed by atoms with Crippen molar-refractivity contribution in [3.63, 3.8) is 0 Å². The van der Waals surface area contributed by atoms with Crippen LogP contribution < -0.4 is 4.74 Å². The van der Waals surface area contributed by atoms with Gasteiger partial charge < -0.3 is 14.7 Å². The second-order valence-electron chi connectivity index (χ2n) is 6.20. The fourth-order valence-corrected chi connectivity index (χ4v) is 2.95. The van der Waals surface area contributed by atoms with E-state index in [-0.39, 0.29) is 19.1 Å². The minimum Gasteiger partial charge on any atom is -0.480 e. The first-order valence-corrected chi connectivity index (χ1v) is 8.14. The molecule has 1 aliphatic rings. The van der Waals surface area contributed by atoms with E-state index in [4.69, 9.17) is 4.74 Å². The summed E-state index contributed by atoms with van der Waals surface area (Å²) in [5.74, 6) is 0.696. The van der Waals surface area contributed by atoms with Crippen molar-refractivity contribution < 1.29 is 14.6 Å². The smallest absolute Gasteiger partial charge is 0.264 e. The molecular formula is C19H22N2O3. The number of pyridine rings is 1. The van der Waals surface area contributed by atoms with E-state index in [1.54, 1.807) is 17.3 Å². The summed E-state index contributed by atoms with van der Waals surface area (Å²) in [5, 5.41) is 9.30. The minimum atomic E-state index is -0.524. The molecule has 0 saturated heterocycles. The Hall–Kier alpha value is -2.40. The zero-order valence-corrected chi connectivity index (χ0v) is 14.0. The van der Waals surface area contributed by atoms with E-state index in [1.807, 2.05) is 25.1 Å². The van der Waals surface area contributed by atoms with Crippen molar-refractivity contribution >= 4 is 5.91 Å². The molecule has 0 fully saturated rings. The molecule has 0 spiro atoms. The van der Waals surface area contributed by atoms with Crippen LogP contribution >= 0.6 is 0 Å². The van der Waals surface area contributed by atoms with E-state index in [0.29, 0.717) is 13.0 Å². The first-order chi connectivity index (χ1) is 11.6. The van der Waals surface area contributed by atoms with Crippen LogP contribution in [0.5, 0.6) is 5.75 Å². The maximum absolute atomic E-state index is 12.8. The molecule has 24 heavy (non-hydrogen) atoms. The molecule has 5 heteroatoms. The largest absolute Gasteiger partial charge is 0.480 e. The van der Waals surface area contributed by atoms with Crippen LogP contribution in [0.3, 0.4) is 0 Å². The first kappa shape index (κ1) is 16.5. The summed E-state index contributed by atoms with van der Waals surface area (Å²) in [4.78, 5) is 18.6. The molecule has 1 aromatic carbocycles. The fourth-order valence-electron chi connectivity index (χ4n) is 2.95. The van der Waals surface area contributed by atoms with Crippen molar-refractivity contribution in [1.29, 1.82) is 0 Å². The number of aromatic nitrogens is 1. The Balaban J connectivity index is 1.74. The normalized spacial score (nSPS) is 15.7. The molecule has 2 aromatic rings. The van der Waals surface area contributed by atoms with Crippen molar-refractivity contribution in [3.8, 4) is 5.75 Å². The Kier molecular flexibility index (Phi) is 4.81. The number of aliphatic hydroxyl groups is 1. The minimum absolute atomic E-state index is 0.0795. The number of aryl methyl sites for hydroxylation is 2. The molecule has 0 radical (unpaired) electrons. The number of carbonyl (C=O) groups excluding carboxylic acids is 1. The third kappa shape index (κ3) is 3.41. The van der Waals surface area contributed by atoms with Gasteiger partial charge in [0.25, 0.3) is 5.91 Å². The summed E-state index contributed by atoms with van der Waals surface area (Å²) in [6.07, 6.45) is 3.48. The average Bonchev–Trinajstić information content (AvgIpc) is 2.98. The fraction of sp³-hybridized carbons (Fsp3) is 0.368. The monoisotopic (exact) mass is 326 g/mol. The molecule has 0 aliphatic carbocycles. The van der Waals surface area contributed by atoms with Gasteiger partial charge in [0.1, 0.15) is 5.75 Å². The molecule has 3 rings (SSSR count). The average molecular weight is 326 g/mol. The van der Waals surface area contributed by atoms with Crippen LogP contribution in [0.1, 0.15) is 22.3 Å². The quantitative estimate of drug-likeness (QED) is 0.913. The van der Waals surface area contributed by atoms with Crippen LogP contribution in [0, 0.1) is 13.8 Å². The lowest BCUT2D eigenvalue weighted by Crippen LogP contribution is -2.42. The van der Waals surface area contributed by atoms with Gasteiger partial charge in [-0.25, -0.2) is 0 Å². The Labute approximate surface area is 141 Å². The van der Waals surface area contributed by atoms with Crippen LogP contribution in [0.2, 0.25) is 0 Å². The Morgan fingerprint density at radius 1 is 1.38 bits per heavy atom. The van der Waals surface area contributed by atoms with Crippen molar-refractivity contribution in [3.05, 3.63) is 58.9 Å². The lowest BCUT2D eigenvalue weighted by molar-refractivity contribution is -0.139. The van der Waals surface area contributed by atoms with Crippen LogP contribution in [0.4, 0.5) is 0 Å². The third-order valence-corrected chi connectivity index (χ3v) is 4.40. The Morgan fingerprint density at radius 3 is 2.88 bits per heavy atom. The SMILES string of the molecule is Cc1cc2c(cc1C)OC(C(=O)N(CCO)Cc1cccnc1)C2. The summed E-state index contributed by atoms with van der Waals surface area (Å²) in [5.41, 5.74) is 4.36. The van der Waals surface area contributed by atoms with Crippen LogP contribution in [-0.4, -0.2) is 40.2 Å². The topological polar surface area (TPSA) is 62.7 Å². The molecule has 5 nitrogen and oxygen atoms in total. The van der Waals surface area contributed by atoms with Crippen molar-refractivity contribution in [2.45, 2.75) is 32.9 Å². The number of benzene rings is 1. The maximum Gasteiger partial charge on any atom is 0.264 e. The third-order valence-electron chi connectivity index (χ3n) is 4.40. The van der Waals surface area contributed by atoms with Gasteiger partial charge in [-0.15, -0.1) is 0 Å². The molecule has 1 aromatic heterocycles. The van der Waals surface area contributed by atoms with Gasteiger partial charge in [0, 0.05) is 31.9 Å². The van der Waals surface area contributed by atoms with Gasteiger partial charge in [-0.2, -0.15) is 0 Å². The standard InChI is InChI=1S/C19H22N2O3/c1-13-8-16-10-18(24-17(16)9-14(13)2)19(23)21(6-7-22)12-15-4-3-5-20-11-15/h3-5,8-9,11,18,22H,6-7,10,12H2,1-2H3. The van der Waals surface area contributed by atoms with E-state index in [0.717, 1.165) is 22.4 Å². The molecular weight excluding hydrogens is 304 g/mol. The maximum atomic E-state index is 12.8. The second-order valence-corrected chi connectivity index (χ2v) is 6.20. The number of rotatable bonds is 5. The summed E-state index contributed by atoms with van der Waals surface area (Å²) in [6.45, 7) is 4.72. The van der Waals surface area contributed by atoms with Crippen LogP contribution in [0.25, 0.3) is 0 Å². The van der Waals surface area contributed by atoms with Gasteiger partial charge in [0.15, 0.2) is 6.10 Å². The number of nitrogens with zero attached hydrogens (tertiary/aromatic N) is 2. The molecule has 1 amide bonds. The highest BCUT2D eigenvalue weighted by Gasteiger charge is 2.32. The molecule has 0 bridgehead atoms. The van der Waals surface area contributed by atoms with Crippen LogP contribution in [0.15, 0.2) is 36.7 Å². The van der Waals surface area contributed by atoms with E-state index < -0.39 is 6.10 Å². The highest BCUT2D eigenvalue weighted by Crippen LogP contribution is 2.32. The summed E-state index contributed by atoms with van der Waals surface area (Å²) >= 11 is 0. The highest BCUT2D eigenvalue weighted by molar-refractivity contribution is 5.82. The number of ether oxygens (including phenoxy) is 1. The van der Waals surface area contributed by atoms with Gasteiger partial charge in [-0.1, -0.05) is 12.1 Å². The molecule has 1 unspecified atom stereocenters. The number of aliphatic hydroxyl groups excluding tert-OH is 1. The van der Waals surface area contributed by atoms with Gasteiger partial charge in [-0.05, 0) is 48.2 Å². The predicted octanol–water partition coefficient (Wildman–Crippen LogP) is 2.02. The van der Waals surface area contributed by atoms with Gasteiger partial charge in [-0.3, -0.25) is 9.78 Å². The number of fused-ring (bicyclic) bond motifs is 1. The molecule has 1 aliphatic heterocycles. The van der Waals surface area contributed by atoms with E-state index in [9.17, 15) is 9.90 Å². The van der Waals surface area contributed by atoms with Crippen molar-refractivity contribution in [1.82, 2.24) is 9.88 Å². The van der Waals surface area contributed by atoms with E-state index >= 15 is 0 Å². The molecule has 1 N–H and O–H groups in total. The Bertz CT molecular complexity index is 700. The highest BCUT2D eigenvalue weighted by atomic mass is 16.5. The summed E-state index contributed by atoms with van der Waals surface area (Å²) < 4.78 is 5.88. The molecule has 2 heterocycles. The lowest BCUT2D eigenvalue weighted by atomic mass is 10.0. The molecule has 126 valence electrons. The van der Waals surface area contributed by atoms with Gasteiger partial charge in [0.05, 0.1) is 6.61 Å². The second kappa shape index (κ2) is 7.01. The first-order valence-electron chi connectivity index (χ1n) is 8.14. The number of hydrogen-bond acceptors (Lipinski definition) is 4. The van der Waals surface area contributed by atoms with Gasteiger partial charge >= 0.3 is 0 Å². The Morgan fingerprint density at radius 2 is 2.17 bits per heavy atom. The van der Waals surface area contributed by atoms with Crippen molar-refractivity contribution in [2.75, 3.05) is 13.2 Å². The molecule has 0 saturated carbocycles. The number of carbonyl (C=O) groups is 1.